The third-order valence-corrected chi connectivity index (χ3v) is 10.2. The van der Waals surface area contributed by atoms with E-state index in [1.54, 1.807) is 6.07 Å². The Hall–Kier alpha value is -2.10. The minimum atomic E-state index is -0.150. The Bertz CT molecular complexity index is 1710. The topological polar surface area (TPSA) is 23.1 Å². The third kappa shape index (κ3) is 11.0. The number of fused-ring (bicyclic) bond motifs is 2. The van der Waals surface area contributed by atoms with Crippen molar-refractivity contribution in [2.24, 2.45) is 0 Å². The predicted octanol–water partition coefficient (Wildman–Crippen LogP) is 7.90. The predicted molar refractivity (Wildman–Crippen MR) is 198 cm³/mol. The second-order valence-corrected chi connectivity index (χ2v) is 17.9. The van der Waals surface area contributed by atoms with Crippen LogP contribution in [0.15, 0.2) is 114 Å². The molecule has 0 amide bonds. The van der Waals surface area contributed by atoms with Crippen molar-refractivity contribution >= 4 is 36.6 Å². The zero-order valence-electron chi connectivity index (χ0n) is 28.9. The summed E-state index contributed by atoms with van der Waals surface area (Å²) >= 11 is 2.01. The molecule has 0 bridgehead atoms. The number of benzene rings is 3. The molecule has 4 aromatic rings. The van der Waals surface area contributed by atoms with Crippen molar-refractivity contribution in [2.75, 3.05) is 0 Å². The van der Waals surface area contributed by atoms with Gasteiger partial charge in [-0.3, -0.25) is 0 Å². The van der Waals surface area contributed by atoms with Gasteiger partial charge in [0.2, 0.25) is 0 Å². The Morgan fingerprint density at radius 3 is 2.20 bits per heavy atom. The molecule has 0 spiro atoms. The molecule has 1 unspecified atom stereocenters. The fourth-order valence-corrected chi connectivity index (χ4v) is 7.42. The van der Waals surface area contributed by atoms with Crippen molar-refractivity contribution in [2.45, 2.75) is 84.1 Å². The average Bonchev–Trinajstić information content (AvgIpc) is 3.66. The summed E-state index contributed by atoms with van der Waals surface area (Å²) in [6.45, 7) is 19.6. The molecule has 1 aliphatic heterocycles. The molecule has 1 aliphatic carbocycles. The van der Waals surface area contributed by atoms with Crippen LogP contribution in [0.4, 0.5) is 0 Å². The molecule has 1 heterocycles. The van der Waals surface area contributed by atoms with Gasteiger partial charge in [0.05, 0.1) is 0 Å². The Kier molecular flexibility index (Phi) is 15.1. The van der Waals surface area contributed by atoms with Crippen LogP contribution in [-0.2, 0) is 37.0 Å². The van der Waals surface area contributed by atoms with Crippen LogP contribution in [0, 0.1) is 6.92 Å². The van der Waals surface area contributed by atoms with E-state index in [1.165, 1.54) is 49.9 Å². The Labute approximate surface area is 309 Å². The maximum atomic E-state index is 11.7. The van der Waals surface area contributed by atoms with Crippen molar-refractivity contribution in [1.29, 1.82) is 0 Å². The smallest absolute Gasteiger partial charge is 1.00 e. The van der Waals surface area contributed by atoms with E-state index in [1.807, 2.05) is 17.8 Å². The summed E-state index contributed by atoms with van der Waals surface area (Å²) < 4.78 is 0. The van der Waals surface area contributed by atoms with Crippen molar-refractivity contribution < 1.29 is 43.7 Å². The van der Waals surface area contributed by atoms with Gasteiger partial charge in [-0.15, -0.1) is 57.7 Å². The molecule has 1 radical (unpaired) electrons. The molecule has 0 saturated heterocycles. The third-order valence-electron chi connectivity index (χ3n) is 7.84. The van der Waals surface area contributed by atoms with Gasteiger partial charge in [0, 0.05) is 10.2 Å². The van der Waals surface area contributed by atoms with Crippen molar-refractivity contribution in [1.82, 2.24) is 0 Å². The zero-order valence-corrected chi connectivity index (χ0v) is 33.9. The molecule has 1 atom stereocenters. The Morgan fingerprint density at radius 2 is 1.59 bits per heavy atom. The molecule has 46 heavy (non-hydrogen) atoms. The Balaban J connectivity index is 0.000000236. The summed E-state index contributed by atoms with van der Waals surface area (Å²) in [4.78, 5) is 1.47. The van der Waals surface area contributed by atoms with Gasteiger partial charge < -0.3 is 17.5 Å². The van der Waals surface area contributed by atoms with Crippen LogP contribution in [0.1, 0.15) is 64.7 Å². The van der Waals surface area contributed by atoms with Gasteiger partial charge >= 0.3 is 26.2 Å². The van der Waals surface area contributed by atoms with E-state index in [9.17, 15) is 5.11 Å². The van der Waals surface area contributed by atoms with E-state index in [4.69, 9.17) is 0 Å². The summed E-state index contributed by atoms with van der Waals surface area (Å²) in [5.74, 6) is 0.149. The van der Waals surface area contributed by atoms with Crippen LogP contribution in [0.25, 0.3) is 21.9 Å². The summed E-state index contributed by atoms with van der Waals surface area (Å²) in [5.41, 5.74) is 10.1. The van der Waals surface area contributed by atoms with Crippen molar-refractivity contribution in [3.63, 3.8) is 0 Å². The summed E-state index contributed by atoms with van der Waals surface area (Å²) in [7, 11) is -0.150. The number of hydrogen-bond donors (Lipinski definition) is 0. The number of thioether (sulfide) groups is 1. The van der Waals surface area contributed by atoms with E-state index in [0.29, 0.717) is 5.25 Å². The molecule has 0 aromatic heterocycles. The number of allylic oxidation sites excluding steroid dienone is 4. The van der Waals surface area contributed by atoms with E-state index < -0.39 is 0 Å². The molecule has 0 saturated carbocycles. The molecule has 0 fully saturated rings. The van der Waals surface area contributed by atoms with Gasteiger partial charge in [-0.05, 0) is 48.4 Å². The van der Waals surface area contributed by atoms with Gasteiger partial charge in [-0.1, -0.05) is 146 Å². The molecule has 2 aliphatic rings. The number of halogens is 1. The second-order valence-electron chi connectivity index (χ2n) is 14.1. The van der Waals surface area contributed by atoms with Crippen molar-refractivity contribution in [3.8, 4) is 16.9 Å². The van der Waals surface area contributed by atoms with Gasteiger partial charge in [0.1, 0.15) is 0 Å². The standard InChI is InChI=1S/C16H13.C14H22O.C11H14SSi.ClH.Zr/c1-12-10-14-8-5-9-15(16(14)11-12)13-6-3-2-4-7-13;1-13(2,3)10-7-8-12(15)11(9-10)14(4,5)6;1-13(2)7-6-10-8-9-4-3-5-11(9)12-10;;/h2-11H,1H3;7-9,15H,1-6H3;3-5,7-8,10H,6H2,1-2H3;1H;/q-1;;;;+3/p-2. The van der Waals surface area contributed by atoms with Gasteiger partial charge in [-0.2, -0.15) is 6.07 Å². The van der Waals surface area contributed by atoms with Crippen LogP contribution < -0.4 is 17.5 Å². The van der Waals surface area contributed by atoms with Crippen molar-refractivity contribution in [3.05, 3.63) is 130 Å². The minimum Gasteiger partial charge on any atom is -1.00 e. The first-order valence-corrected chi connectivity index (χ1v) is 19.1. The number of rotatable bonds is 3. The summed E-state index contributed by atoms with van der Waals surface area (Å²) in [5, 5.41) is 15.1. The van der Waals surface area contributed by atoms with Crippen LogP contribution in [0.2, 0.25) is 13.1 Å². The average molecular weight is 744 g/mol. The molecule has 1 nitrogen and oxygen atoms in total. The van der Waals surface area contributed by atoms with Crippen LogP contribution >= 0.6 is 11.8 Å². The number of aryl methyl sites for hydroxylation is 1. The SMILES string of the molecule is CC(C)(C)c1ccc([O-])c(C(C)(C)C)c1.C[Si](C)=CCC1C=C2C=CC=C2S1.Cc1cc2c(-c3ccccc3)cccc2[cH-]1.[Cl-].[Zr+3]. The molecule has 4 aromatic carbocycles. The second kappa shape index (κ2) is 17.3. The molecule has 6 rings (SSSR count). The zero-order chi connectivity index (χ0) is 32.1. The van der Waals surface area contributed by atoms with Crippen LogP contribution in [-0.4, -0.2) is 19.3 Å². The van der Waals surface area contributed by atoms with E-state index in [0.717, 1.165) is 5.56 Å². The van der Waals surface area contributed by atoms with E-state index in [2.05, 4.69) is 158 Å². The molecule has 5 heteroatoms. The normalized spacial score (nSPS) is 14.8. The van der Waals surface area contributed by atoms with E-state index in [-0.39, 0.29) is 63.6 Å². The van der Waals surface area contributed by atoms with Gasteiger partial charge in [0.25, 0.3) is 0 Å². The van der Waals surface area contributed by atoms with Gasteiger partial charge in [0.15, 0.2) is 0 Å². The molecule has 239 valence electrons. The number of hydrogen-bond acceptors (Lipinski definition) is 2. The van der Waals surface area contributed by atoms with E-state index >= 15 is 0 Å². The maximum Gasteiger partial charge on any atom is 3.00 e. The summed E-state index contributed by atoms with van der Waals surface area (Å²) in [6, 6.07) is 27.2. The van der Waals surface area contributed by atoms with Crippen LogP contribution in [0.3, 0.4) is 0 Å². The largest absolute Gasteiger partial charge is 3.00 e. The first kappa shape index (κ1) is 40.1. The van der Waals surface area contributed by atoms with Crippen LogP contribution in [0.5, 0.6) is 5.75 Å². The maximum absolute atomic E-state index is 11.7. The Morgan fingerprint density at radius 1 is 0.891 bits per heavy atom. The molecular formula is C41H48ClOSSiZr. The monoisotopic (exact) mass is 741 g/mol. The quantitative estimate of drug-likeness (QED) is 0.158. The van der Waals surface area contributed by atoms with Gasteiger partial charge in [-0.25, -0.2) is 0 Å². The first-order chi connectivity index (χ1) is 20.7. The molecular weight excluding hydrogens is 695 g/mol. The minimum absolute atomic E-state index is 0. The summed E-state index contributed by atoms with van der Waals surface area (Å²) in [6.07, 6.45) is 10.2. The molecule has 0 N–H and O–H groups in total. The first-order valence-electron chi connectivity index (χ1n) is 15.7. The fraction of sp³-hybridized carbons (Fsp3) is 0.317. The fourth-order valence-electron chi connectivity index (χ4n) is 5.36.